The van der Waals surface area contributed by atoms with Crippen molar-refractivity contribution in [2.75, 3.05) is 14.2 Å². The average molecular weight is 397 g/mol. The minimum atomic E-state index is -0.885. The number of carbonyl (C=O) groups excluding carboxylic acids is 1. The molecule has 0 atom stereocenters. The monoisotopic (exact) mass is 397 g/mol. The quantitative estimate of drug-likeness (QED) is 0.574. The number of nitrogens with zero attached hydrogens (tertiary/aromatic N) is 1. The maximum atomic E-state index is 13.9. The van der Waals surface area contributed by atoms with Crippen molar-refractivity contribution in [1.29, 1.82) is 0 Å². The number of carbonyl (C=O) groups is 1. The SMILES string of the molecule is COc1cc(CN(C)C(=O)c2ccc(F)cc2F)ccc1OCc1ccccc1. The fourth-order valence-electron chi connectivity index (χ4n) is 2.88. The summed E-state index contributed by atoms with van der Waals surface area (Å²) in [5.74, 6) is -1.03. The molecule has 0 N–H and O–H groups in total. The first-order chi connectivity index (χ1) is 14.0. The van der Waals surface area contributed by atoms with Crippen LogP contribution in [-0.2, 0) is 13.2 Å². The predicted octanol–water partition coefficient (Wildman–Crippen LogP) is 4.82. The summed E-state index contributed by atoms with van der Waals surface area (Å²) in [6, 6.07) is 18.0. The second-order valence-corrected chi connectivity index (χ2v) is 6.54. The van der Waals surface area contributed by atoms with Crippen LogP contribution in [0, 0.1) is 11.6 Å². The molecule has 0 spiro atoms. The maximum absolute atomic E-state index is 13.9. The number of rotatable bonds is 7. The van der Waals surface area contributed by atoms with E-state index in [1.165, 1.54) is 12.0 Å². The van der Waals surface area contributed by atoms with E-state index in [9.17, 15) is 13.6 Å². The van der Waals surface area contributed by atoms with E-state index < -0.39 is 17.5 Å². The van der Waals surface area contributed by atoms with Gasteiger partial charge in [0.05, 0.1) is 12.7 Å². The van der Waals surface area contributed by atoms with Gasteiger partial charge in [-0.25, -0.2) is 8.78 Å². The molecule has 0 saturated carbocycles. The Morgan fingerprint density at radius 3 is 2.38 bits per heavy atom. The fourth-order valence-corrected chi connectivity index (χ4v) is 2.88. The van der Waals surface area contributed by atoms with Crippen LogP contribution in [0.2, 0.25) is 0 Å². The third kappa shape index (κ3) is 5.10. The van der Waals surface area contributed by atoms with Crippen molar-refractivity contribution in [1.82, 2.24) is 4.90 Å². The molecular weight excluding hydrogens is 376 g/mol. The van der Waals surface area contributed by atoms with E-state index in [1.54, 1.807) is 19.2 Å². The normalized spacial score (nSPS) is 10.5. The van der Waals surface area contributed by atoms with Gasteiger partial charge in [0.2, 0.25) is 0 Å². The maximum Gasteiger partial charge on any atom is 0.256 e. The third-order valence-corrected chi connectivity index (χ3v) is 4.39. The molecule has 3 aromatic carbocycles. The molecule has 0 radical (unpaired) electrons. The van der Waals surface area contributed by atoms with Crippen LogP contribution in [0.5, 0.6) is 11.5 Å². The van der Waals surface area contributed by atoms with Crippen molar-refractivity contribution in [3.05, 3.63) is 95.1 Å². The molecule has 0 heterocycles. The molecule has 29 heavy (non-hydrogen) atoms. The summed E-state index contributed by atoms with van der Waals surface area (Å²) in [7, 11) is 3.09. The van der Waals surface area contributed by atoms with E-state index in [4.69, 9.17) is 9.47 Å². The second kappa shape index (κ2) is 9.19. The van der Waals surface area contributed by atoms with Crippen LogP contribution in [0.25, 0.3) is 0 Å². The predicted molar refractivity (Wildman–Crippen MR) is 106 cm³/mol. The Morgan fingerprint density at radius 2 is 1.69 bits per heavy atom. The van der Waals surface area contributed by atoms with Crippen molar-refractivity contribution in [3.8, 4) is 11.5 Å². The number of benzene rings is 3. The molecule has 0 bridgehead atoms. The molecule has 0 saturated heterocycles. The van der Waals surface area contributed by atoms with E-state index >= 15 is 0 Å². The number of amides is 1. The molecule has 0 aliphatic heterocycles. The Kier molecular flexibility index (Phi) is 6.44. The third-order valence-electron chi connectivity index (χ3n) is 4.39. The molecule has 0 fully saturated rings. The van der Waals surface area contributed by atoms with Gasteiger partial charge < -0.3 is 14.4 Å². The molecule has 3 aromatic rings. The van der Waals surface area contributed by atoms with Crippen LogP contribution in [0.4, 0.5) is 8.78 Å². The Bertz CT molecular complexity index is 993. The standard InChI is InChI=1S/C23H21F2NO3/c1-26(23(27)19-10-9-18(24)13-20(19)25)14-17-8-11-21(22(12-17)28-2)29-15-16-6-4-3-5-7-16/h3-13H,14-15H2,1-2H3. The van der Waals surface area contributed by atoms with E-state index in [2.05, 4.69) is 0 Å². The van der Waals surface area contributed by atoms with Crippen LogP contribution in [-0.4, -0.2) is 25.0 Å². The molecule has 1 amide bonds. The highest BCUT2D eigenvalue weighted by Gasteiger charge is 2.17. The zero-order valence-electron chi connectivity index (χ0n) is 16.2. The van der Waals surface area contributed by atoms with Gasteiger partial charge in [-0.05, 0) is 35.4 Å². The summed E-state index contributed by atoms with van der Waals surface area (Å²) in [6.45, 7) is 0.629. The first-order valence-corrected chi connectivity index (χ1v) is 9.02. The summed E-state index contributed by atoms with van der Waals surface area (Å²) in [6.07, 6.45) is 0. The molecule has 4 nitrogen and oxygen atoms in total. The molecule has 0 unspecified atom stereocenters. The lowest BCUT2D eigenvalue weighted by molar-refractivity contribution is 0.0780. The van der Waals surface area contributed by atoms with Crippen LogP contribution >= 0.6 is 0 Å². The summed E-state index contributed by atoms with van der Waals surface area (Å²) in [5, 5.41) is 0. The van der Waals surface area contributed by atoms with Gasteiger partial charge >= 0.3 is 0 Å². The molecule has 6 heteroatoms. The van der Waals surface area contributed by atoms with E-state index in [0.29, 0.717) is 24.2 Å². The smallest absolute Gasteiger partial charge is 0.256 e. The summed E-state index contributed by atoms with van der Waals surface area (Å²) in [4.78, 5) is 13.8. The number of halogens is 2. The van der Waals surface area contributed by atoms with Crippen LogP contribution in [0.15, 0.2) is 66.7 Å². The number of ether oxygens (including phenoxy) is 2. The summed E-state index contributed by atoms with van der Waals surface area (Å²) in [5.41, 5.74) is 1.64. The number of methoxy groups -OCH3 is 1. The van der Waals surface area contributed by atoms with E-state index in [-0.39, 0.29) is 12.1 Å². The Balaban J connectivity index is 1.69. The molecule has 150 valence electrons. The Hall–Kier alpha value is -3.41. The van der Waals surface area contributed by atoms with Gasteiger partial charge in [-0.2, -0.15) is 0 Å². The highest BCUT2D eigenvalue weighted by Crippen LogP contribution is 2.29. The molecule has 3 rings (SSSR count). The van der Waals surface area contributed by atoms with E-state index in [1.807, 2.05) is 36.4 Å². The highest BCUT2D eigenvalue weighted by molar-refractivity contribution is 5.94. The highest BCUT2D eigenvalue weighted by atomic mass is 19.1. The molecule has 0 aliphatic rings. The van der Waals surface area contributed by atoms with Gasteiger partial charge in [0.25, 0.3) is 5.91 Å². The average Bonchev–Trinajstić information content (AvgIpc) is 2.73. The number of hydrogen-bond acceptors (Lipinski definition) is 3. The van der Waals surface area contributed by atoms with Gasteiger partial charge in [-0.3, -0.25) is 4.79 Å². The van der Waals surface area contributed by atoms with Crippen LogP contribution in [0.3, 0.4) is 0 Å². The lowest BCUT2D eigenvalue weighted by Crippen LogP contribution is -2.27. The first-order valence-electron chi connectivity index (χ1n) is 9.02. The Labute approximate surface area is 168 Å². The largest absolute Gasteiger partial charge is 0.493 e. The van der Waals surface area contributed by atoms with Crippen molar-refractivity contribution in [2.24, 2.45) is 0 Å². The minimum Gasteiger partial charge on any atom is -0.493 e. The second-order valence-electron chi connectivity index (χ2n) is 6.54. The van der Waals surface area contributed by atoms with Gasteiger partial charge in [0.1, 0.15) is 18.2 Å². The molecule has 0 aliphatic carbocycles. The van der Waals surface area contributed by atoms with E-state index in [0.717, 1.165) is 23.3 Å². The number of hydrogen-bond donors (Lipinski definition) is 0. The lowest BCUT2D eigenvalue weighted by Gasteiger charge is -2.19. The van der Waals surface area contributed by atoms with Gasteiger partial charge in [0.15, 0.2) is 11.5 Å². The zero-order chi connectivity index (χ0) is 20.8. The first kappa shape index (κ1) is 20.3. The van der Waals surface area contributed by atoms with Crippen molar-refractivity contribution < 1.29 is 23.0 Å². The summed E-state index contributed by atoms with van der Waals surface area (Å²) >= 11 is 0. The van der Waals surface area contributed by atoms with Gasteiger partial charge in [-0.1, -0.05) is 36.4 Å². The lowest BCUT2D eigenvalue weighted by atomic mass is 10.1. The fraction of sp³-hybridized carbons (Fsp3) is 0.174. The summed E-state index contributed by atoms with van der Waals surface area (Å²) < 4.78 is 38.2. The minimum absolute atomic E-state index is 0.177. The Morgan fingerprint density at radius 1 is 0.931 bits per heavy atom. The van der Waals surface area contributed by atoms with Crippen LogP contribution in [0.1, 0.15) is 21.5 Å². The van der Waals surface area contributed by atoms with Crippen molar-refractivity contribution in [2.45, 2.75) is 13.2 Å². The zero-order valence-corrected chi connectivity index (χ0v) is 16.2. The van der Waals surface area contributed by atoms with Crippen molar-refractivity contribution in [3.63, 3.8) is 0 Å². The van der Waals surface area contributed by atoms with Gasteiger partial charge in [-0.15, -0.1) is 0 Å². The van der Waals surface area contributed by atoms with Gasteiger partial charge in [0, 0.05) is 19.7 Å². The topological polar surface area (TPSA) is 38.8 Å². The van der Waals surface area contributed by atoms with Crippen molar-refractivity contribution >= 4 is 5.91 Å². The molecule has 0 aromatic heterocycles. The molecular formula is C23H21F2NO3. The van der Waals surface area contributed by atoms with Crippen LogP contribution < -0.4 is 9.47 Å².